The molecule has 0 saturated carbocycles. The summed E-state index contributed by atoms with van der Waals surface area (Å²) in [5.41, 5.74) is 0. The summed E-state index contributed by atoms with van der Waals surface area (Å²) in [6.45, 7) is 4.15. The molecule has 2 unspecified atom stereocenters. The van der Waals surface area contributed by atoms with Crippen molar-refractivity contribution in [3.8, 4) is 0 Å². The molecule has 9 nitrogen and oxygen atoms in total. The maximum atomic E-state index is 12.9. The van der Waals surface area contributed by atoms with E-state index in [1.807, 2.05) is 21.1 Å². The number of unbranched alkanes of at least 4 members (excludes halogenated alkanes) is 39. The van der Waals surface area contributed by atoms with E-state index in [4.69, 9.17) is 18.5 Å². The van der Waals surface area contributed by atoms with Crippen LogP contribution < -0.4 is 4.89 Å². The van der Waals surface area contributed by atoms with E-state index in [-0.39, 0.29) is 32.0 Å². The zero-order valence-corrected chi connectivity index (χ0v) is 57.9. The number of carbonyl (C=O) groups excluding carboxylic acids is 2. The number of phosphoric ester groups is 1. The molecule has 0 aliphatic carbocycles. The highest BCUT2D eigenvalue weighted by atomic mass is 31.2. The lowest BCUT2D eigenvalue weighted by atomic mass is 10.0. The van der Waals surface area contributed by atoms with Crippen molar-refractivity contribution in [2.75, 3.05) is 47.5 Å². The molecule has 0 aromatic rings. The number of ether oxygens (including phenoxy) is 2. The van der Waals surface area contributed by atoms with Crippen molar-refractivity contribution >= 4 is 19.8 Å². The first-order chi connectivity index (χ1) is 42.0. The Morgan fingerprint density at radius 1 is 0.372 bits per heavy atom. The Hall–Kier alpha value is -2.81. The average Bonchev–Trinajstić information content (AvgIpc) is 3.70. The van der Waals surface area contributed by atoms with E-state index in [0.717, 1.165) is 83.5 Å². The topological polar surface area (TPSA) is 111 Å². The molecule has 0 amide bonds. The largest absolute Gasteiger partial charge is 0.756 e. The number of hydrogen-bond acceptors (Lipinski definition) is 8. The molecular weight excluding hydrogens is 1090 g/mol. The normalized spacial score (nSPS) is 13.6. The predicted octanol–water partition coefficient (Wildman–Crippen LogP) is 23.1. The van der Waals surface area contributed by atoms with E-state index >= 15 is 0 Å². The van der Waals surface area contributed by atoms with Crippen molar-refractivity contribution in [1.82, 2.24) is 0 Å². The summed E-state index contributed by atoms with van der Waals surface area (Å²) in [5.74, 6) is -0.830. The summed E-state index contributed by atoms with van der Waals surface area (Å²) in [6, 6.07) is 0. The maximum absolute atomic E-state index is 12.9. The van der Waals surface area contributed by atoms with E-state index in [2.05, 4.69) is 98.9 Å². The zero-order chi connectivity index (χ0) is 62.6. The van der Waals surface area contributed by atoms with Crippen LogP contribution in [0.1, 0.15) is 335 Å². The van der Waals surface area contributed by atoms with Crippen LogP contribution in [0.3, 0.4) is 0 Å². The third kappa shape index (κ3) is 70.3. The molecule has 0 heterocycles. The van der Waals surface area contributed by atoms with Gasteiger partial charge in [-0.15, -0.1) is 0 Å². The molecule has 0 spiro atoms. The monoisotopic (exact) mass is 1220 g/mol. The molecule has 10 heteroatoms. The SMILES string of the molecule is CC/C=C\C/C=C\C/C=C\C/C=C\C/C=C\CCCCCCCCCCCC(=O)OC(COC(=O)CCCCCCCCCCCCCCCCCCCCCCCCCCC/C=C\C/C=C\CCCCCCC)COP(=O)([O-])OCC[N+](C)(C)C. The third-order valence-electron chi connectivity index (χ3n) is 15.9. The van der Waals surface area contributed by atoms with E-state index in [0.29, 0.717) is 17.4 Å². The van der Waals surface area contributed by atoms with Gasteiger partial charge in [-0.05, 0) is 89.9 Å². The second-order valence-corrected chi connectivity index (χ2v) is 27.0. The summed E-state index contributed by atoms with van der Waals surface area (Å²) in [5, 5.41) is 0. The molecule has 0 aliphatic heterocycles. The van der Waals surface area contributed by atoms with Crippen LogP contribution in [0.5, 0.6) is 0 Å². The third-order valence-corrected chi connectivity index (χ3v) is 16.9. The molecule has 0 aromatic carbocycles. The number of hydrogen-bond donors (Lipinski definition) is 0. The van der Waals surface area contributed by atoms with Crippen molar-refractivity contribution in [1.29, 1.82) is 0 Å². The lowest BCUT2D eigenvalue weighted by Gasteiger charge is -2.28. The van der Waals surface area contributed by atoms with Crippen LogP contribution in [0.2, 0.25) is 0 Å². The van der Waals surface area contributed by atoms with Gasteiger partial charge >= 0.3 is 11.9 Å². The molecule has 0 aliphatic rings. The molecule has 0 saturated heterocycles. The molecule has 500 valence electrons. The summed E-state index contributed by atoms with van der Waals surface area (Å²) in [7, 11) is 1.17. The Kier molecular flexibility index (Phi) is 64.4. The first-order valence-corrected chi connectivity index (χ1v) is 37.8. The van der Waals surface area contributed by atoms with E-state index in [1.54, 1.807) is 0 Å². The summed E-state index contributed by atoms with van der Waals surface area (Å²) in [4.78, 5) is 38.1. The molecule has 2 atom stereocenters. The fraction of sp³-hybridized carbons (Fsp3) is 0.789. The minimum atomic E-state index is -4.65. The van der Waals surface area contributed by atoms with E-state index in [9.17, 15) is 19.0 Å². The Morgan fingerprint density at radius 2 is 0.663 bits per heavy atom. The molecular formula is C76H138NO8P. The van der Waals surface area contributed by atoms with Crippen LogP contribution in [0.25, 0.3) is 0 Å². The fourth-order valence-corrected chi connectivity index (χ4v) is 11.1. The first kappa shape index (κ1) is 83.2. The van der Waals surface area contributed by atoms with Crippen LogP contribution in [0.4, 0.5) is 0 Å². The fourth-order valence-electron chi connectivity index (χ4n) is 10.4. The number of phosphoric acid groups is 1. The lowest BCUT2D eigenvalue weighted by molar-refractivity contribution is -0.870. The summed E-state index contributed by atoms with van der Waals surface area (Å²) < 4.78 is 34.3. The summed E-state index contributed by atoms with van der Waals surface area (Å²) >= 11 is 0. The van der Waals surface area contributed by atoms with Gasteiger partial charge in [0.2, 0.25) is 0 Å². The number of allylic oxidation sites excluding steroid dienone is 14. The van der Waals surface area contributed by atoms with Gasteiger partial charge in [0.15, 0.2) is 6.10 Å². The Balaban J connectivity index is 3.97. The molecule has 86 heavy (non-hydrogen) atoms. The van der Waals surface area contributed by atoms with Crippen LogP contribution >= 0.6 is 7.82 Å². The van der Waals surface area contributed by atoms with Crippen molar-refractivity contribution < 1.29 is 42.1 Å². The van der Waals surface area contributed by atoms with Crippen LogP contribution in [-0.2, 0) is 32.7 Å². The average molecular weight is 1220 g/mol. The highest BCUT2D eigenvalue weighted by Crippen LogP contribution is 2.38. The number of rotatable bonds is 67. The molecule has 0 fully saturated rings. The zero-order valence-electron chi connectivity index (χ0n) is 57.0. The Morgan fingerprint density at radius 3 is 0.988 bits per heavy atom. The highest BCUT2D eigenvalue weighted by Gasteiger charge is 2.22. The van der Waals surface area contributed by atoms with Crippen molar-refractivity contribution in [2.24, 2.45) is 0 Å². The van der Waals surface area contributed by atoms with Crippen molar-refractivity contribution in [3.05, 3.63) is 85.1 Å². The smallest absolute Gasteiger partial charge is 0.306 e. The van der Waals surface area contributed by atoms with Gasteiger partial charge in [0, 0.05) is 12.8 Å². The van der Waals surface area contributed by atoms with Crippen LogP contribution in [0, 0.1) is 0 Å². The lowest BCUT2D eigenvalue weighted by Crippen LogP contribution is -2.37. The number of nitrogens with zero attached hydrogens (tertiary/aromatic N) is 1. The summed E-state index contributed by atoms with van der Waals surface area (Å²) in [6.07, 6.45) is 91.1. The van der Waals surface area contributed by atoms with Gasteiger partial charge in [0.1, 0.15) is 19.8 Å². The first-order valence-electron chi connectivity index (χ1n) is 36.3. The van der Waals surface area contributed by atoms with Gasteiger partial charge < -0.3 is 27.9 Å². The van der Waals surface area contributed by atoms with Gasteiger partial charge in [-0.1, -0.05) is 317 Å². The Bertz CT molecular complexity index is 1730. The van der Waals surface area contributed by atoms with E-state index in [1.165, 1.54) is 218 Å². The second-order valence-electron chi connectivity index (χ2n) is 25.6. The molecule has 0 bridgehead atoms. The number of esters is 2. The van der Waals surface area contributed by atoms with Crippen LogP contribution in [-0.4, -0.2) is 70.0 Å². The van der Waals surface area contributed by atoms with E-state index < -0.39 is 26.5 Å². The molecule has 0 aromatic heterocycles. The van der Waals surface area contributed by atoms with Gasteiger partial charge in [-0.3, -0.25) is 14.2 Å². The van der Waals surface area contributed by atoms with Gasteiger partial charge in [-0.2, -0.15) is 0 Å². The van der Waals surface area contributed by atoms with Gasteiger partial charge in [0.25, 0.3) is 7.82 Å². The highest BCUT2D eigenvalue weighted by molar-refractivity contribution is 7.45. The number of likely N-dealkylation sites (N-methyl/N-ethyl adjacent to an activating group) is 1. The predicted molar refractivity (Wildman–Crippen MR) is 369 cm³/mol. The van der Waals surface area contributed by atoms with Gasteiger partial charge in [-0.25, -0.2) is 0 Å². The second kappa shape index (κ2) is 66.6. The van der Waals surface area contributed by atoms with Crippen molar-refractivity contribution in [2.45, 2.75) is 341 Å². The van der Waals surface area contributed by atoms with Crippen LogP contribution in [0.15, 0.2) is 85.1 Å². The standard InChI is InChI=1S/C76H138NO8P/c1-6-8-10-12-14-16-18-20-22-24-26-28-30-32-33-34-35-36-37-38-39-40-41-42-43-45-46-48-50-52-54-56-58-60-62-64-66-68-75(78)82-72-74(73-84-86(80,81)83-71-70-77(3,4)5)85-76(79)69-67-65-63-61-59-57-55-53-51-49-47-44-31-29-27-25-23-21-19-17-15-13-11-9-7-2/h9,11,15,17-18,20-21,23-24,26-27,29,44,47,74H,6-8,10,12-14,16,19,22,25,28,30-43,45-46,48-73H2,1-5H3/b11-9-,17-15-,20-18-,23-21-,26-24-,29-27-,47-44-. The van der Waals surface area contributed by atoms with Gasteiger partial charge in [0.05, 0.1) is 27.7 Å². The minimum Gasteiger partial charge on any atom is -0.756 e. The number of carbonyl (C=O) groups is 2. The minimum absolute atomic E-state index is 0.0338. The number of quaternary nitrogens is 1. The molecule has 0 N–H and O–H groups in total. The molecule has 0 rings (SSSR count). The van der Waals surface area contributed by atoms with Crippen molar-refractivity contribution in [3.63, 3.8) is 0 Å². The maximum Gasteiger partial charge on any atom is 0.306 e. The quantitative estimate of drug-likeness (QED) is 0.0195. The Labute approximate surface area is 532 Å². The molecule has 0 radical (unpaired) electrons.